The summed E-state index contributed by atoms with van der Waals surface area (Å²) in [6.45, 7) is 1.63. The van der Waals surface area contributed by atoms with Crippen molar-refractivity contribution < 1.29 is 23.5 Å². The first-order valence-corrected chi connectivity index (χ1v) is 12.1. The molecule has 37 heavy (non-hydrogen) atoms. The summed E-state index contributed by atoms with van der Waals surface area (Å²) in [5.74, 6) is -1.29. The van der Waals surface area contributed by atoms with Crippen molar-refractivity contribution >= 4 is 52.8 Å². The number of hydrogen-bond acceptors (Lipinski definition) is 4. The molecule has 1 fully saturated rings. The van der Waals surface area contributed by atoms with Crippen LogP contribution >= 0.6 is 23.2 Å². The molecule has 1 heterocycles. The van der Waals surface area contributed by atoms with Crippen LogP contribution in [-0.2, 0) is 22.6 Å². The first-order chi connectivity index (χ1) is 17.7. The van der Waals surface area contributed by atoms with Gasteiger partial charge in [-0.05, 0) is 59.5 Å². The second-order valence-corrected chi connectivity index (χ2v) is 8.98. The van der Waals surface area contributed by atoms with Crippen LogP contribution in [0.25, 0.3) is 6.08 Å². The molecule has 1 aliphatic heterocycles. The highest BCUT2D eigenvalue weighted by Gasteiger charge is 2.35. The average Bonchev–Trinajstić information content (AvgIpc) is 3.12. The van der Waals surface area contributed by atoms with Crippen molar-refractivity contribution in [2.24, 2.45) is 0 Å². The Hall–Kier alpha value is -3.88. The first-order valence-electron chi connectivity index (χ1n) is 11.3. The van der Waals surface area contributed by atoms with Crippen molar-refractivity contribution in [3.8, 4) is 5.75 Å². The van der Waals surface area contributed by atoms with Crippen LogP contribution in [-0.4, -0.2) is 29.3 Å². The van der Waals surface area contributed by atoms with Crippen LogP contribution in [0.3, 0.4) is 0 Å². The maximum Gasteiger partial charge on any atom is 0.329 e. The van der Waals surface area contributed by atoms with E-state index in [0.29, 0.717) is 17.7 Å². The predicted molar refractivity (Wildman–Crippen MR) is 140 cm³/mol. The van der Waals surface area contributed by atoms with Crippen molar-refractivity contribution in [1.29, 1.82) is 0 Å². The molecule has 0 bridgehead atoms. The third-order valence-corrected chi connectivity index (χ3v) is 6.13. The van der Waals surface area contributed by atoms with E-state index in [2.05, 4.69) is 10.6 Å². The summed E-state index contributed by atoms with van der Waals surface area (Å²) in [6.07, 6.45) is 2.12. The number of nitrogens with zero attached hydrogens (tertiary/aromatic N) is 1. The normalized spacial score (nSPS) is 14.2. The Morgan fingerprint density at radius 2 is 1.76 bits per heavy atom. The van der Waals surface area contributed by atoms with Gasteiger partial charge in [0.25, 0.3) is 5.91 Å². The lowest BCUT2D eigenvalue weighted by molar-refractivity contribution is -0.127. The number of aryl methyl sites for hydroxylation is 1. The zero-order chi connectivity index (χ0) is 26.5. The molecule has 0 radical (unpaired) electrons. The average molecular weight is 542 g/mol. The molecule has 0 saturated carbocycles. The third kappa shape index (κ3) is 6.28. The summed E-state index contributed by atoms with van der Waals surface area (Å²) < 4.78 is 18.8. The van der Waals surface area contributed by atoms with E-state index in [1.165, 1.54) is 30.3 Å². The number of anilines is 1. The monoisotopic (exact) mass is 541 g/mol. The molecule has 7 nitrogen and oxygen atoms in total. The van der Waals surface area contributed by atoms with Crippen molar-refractivity contribution in [2.45, 2.75) is 20.0 Å². The number of amides is 4. The standard InChI is InChI=1S/C27H22Cl2FN3O4/c1-2-18-5-3-4-6-22(18)31-24(34)14-33-26(35)23(32-27(33)36)13-17-11-20(28)25(21(29)12-17)37-15-16-7-9-19(30)10-8-16/h3-13H,2,14-15H2,1H3,(H,31,34)(H,32,36)/b23-13+. The van der Waals surface area contributed by atoms with E-state index in [1.54, 1.807) is 24.3 Å². The van der Waals surface area contributed by atoms with Crippen molar-refractivity contribution in [3.63, 3.8) is 0 Å². The summed E-state index contributed by atoms with van der Waals surface area (Å²) in [7, 11) is 0. The molecule has 0 aliphatic carbocycles. The lowest BCUT2D eigenvalue weighted by Crippen LogP contribution is -2.38. The summed E-state index contributed by atoms with van der Waals surface area (Å²) in [6, 6.07) is 15.4. The fourth-order valence-electron chi connectivity index (χ4n) is 3.70. The van der Waals surface area contributed by atoms with Crippen LogP contribution in [0.5, 0.6) is 5.75 Å². The molecule has 0 spiro atoms. The number of ether oxygens (including phenoxy) is 1. The lowest BCUT2D eigenvalue weighted by atomic mass is 10.1. The maximum atomic E-state index is 13.1. The van der Waals surface area contributed by atoms with Crippen LogP contribution in [0.4, 0.5) is 14.9 Å². The zero-order valence-corrected chi connectivity index (χ0v) is 21.2. The molecule has 2 N–H and O–H groups in total. The molecule has 1 aliphatic rings. The Labute approximate surface area is 222 Å². The summed E-state index contributed by atoms with van der Waals surface area (Å²) >= 11 is 12.7. The fraction of sp³-hybridized carbons (Fsp3) is 0.148. The Bertz CT molecular complexity index is 1370. The van der Waals surface area contributed by atoms with Crippen molar-refractivity contribution in [2.75, 3.05) is 11.9 Å². The summed E-state index contributed by atoms with van der Waals surface area (Å²) in [4.78, 5) is 38.6. The third-order valence-electron chi connectivity index (χ3n) is 5.56. The molecular formula is C27H22Cl2FN3O4. The van der Waals surface area contributed by atoms with Gasteiger partial charge in [-0.3, -0.25) is 9.59 Å². The summed E-state index contributed by atoms with van der Waals surface area (Å²) in [5, 5.41) is 5.58. The van der Waals surface area contributed by atoms with E-state index in [0.717, 1.165) is 16.0 Å². The van der Waals surface area contributed by atoms with Gasteiger partial charge in [0.1, 0.15) is 24.7 Å². The smallest absolute Gasteiger partial charge is 0.329 e. The second kappa shape index (κ2) is 11.5. The van der Waals surface area contributed by atoms with E-state index in [-0.39, 0.29) is 33.9 Å². The van der Waals surface area contributed by atoms with Crippen molar-refractivity contribution in [3.05, 3.63) is 98.9 Å². The SMILES string of the molecule is CCc1ccccc1NC(=O)CN1C(=O)N/C(=C/c2cc(Cl)c(OCc3ccc(F)cc3)c(Cl)c2)C1=O. The fourth-order valence-corrected chi connectivity index (χ4v) is 4.32. The van der Waals surface area contributed by atoms with E-state index >= 15 is 0 Å². The second-order valence-electron chi connectivity index (χ2n) is 8.17. The number of carbonyl (C=O) groups excluding carboxylic acids is 3. The molecule has 3 aromatic rings. The number of benzene rings is 3. The van der Waals surface area contributed by atoms with Gasteiger partial charge in [0, 0.05) is 5.69 Å². The molecular weight excluding hydrogens is 520 g/mol. The molecule has 0 atom stereocenters. The lowest BCUT2D eigenvalue weighted by Gasteiger charge is -2.13. The van der Waals surface area contributed by atoms with E-state index in [1.807, 2.05) is 19.1 Å². The number of halogens is 3. The number of nitrogens with one attached hydrogen (secondary N) is 2. The minimum absolute atomic E-state index is 0.0288. The highest BCUT2D eigenvalue weighted by atomic mass is 35.5. The van der Waals surface area contributed by atoms with Gasteiger partial charge < -0.3 is 15.4 Å². The van der Waals surface area contributed by atoms with Crippen LogP contribution < -0.4 is 15.4 Å². The van der Waals surface area contributed by atoms with E-state index < -0.39 is 24.4 Å². The Morgan fingerprint density at radius 1 is 1.08 bits per heavy atom. The highest BCUT2D eigenvalue weighted by Crippen LogP contribution is 2.35. The molecule has 1 saturated heterocycles. The number of imide groups is 1. The van der Waals surface area contributed by atoms with Crippen LogP contribution in [0.2, 0.25) is 10.0 Å². The molecule has 0 aromatic heterocycles. The van der Waals surface area contributed by atoms with Crippen LogP contribution in [0, 0.1) is 5.82 Å². The molecule has 4 rings (SSSR count). The van der Waals surface area contributed by atoms with E-state index in [4.69, 9.17) is 27.9 Å². The van der Waals surface area contributed by atoms with Crippen LogP contribution in [0.1, 0.15) is 23.6 Å². The number of carbonyl (C=O) groups is 3. The largest absolute Gasteiger partial charge is 0.486 e. The molecule has 0 unspecified atom stereocenters. The number of urea groups is 1. The Morgan fingerprint density at radius 3 is 2.43 bits per heavy atom. The molecule has 190 valence electrons. The number of para-hydroxylation sites is 1. The van der Waals surface area contributed by atoms with Crippen LogP contribution in [0.15, 0.2) is 66.4 Å². The molecule has 10 heteroatoms. The zero-order valence-electron chi connectivity index (χ0n) is 19.7. The predicted octanol–water partition coefficient (Wildman–Crippen LogP) is 5.81. The Balaban J connectivity index is 1.44. The topological polar surface area (TPSA) is 87.7 Å². The molecule has 3 aromatic carbocycles. The number of hydrogen-bond donors (Lipinski definition) is 2. The quantitative estimate of drug-likeness (QED) is 0.278. The van der Waals surface area contributed by atoms with E-state index in [9.17, 15) is 18.8 Å². The van der Waals surface area contributed by atoms with Gasteiger partial charge in [-0.25, -0.2) is 14.1 Å². The van der Waals surface area contributed by atoms with Gasteiger partial charge in [0.15, 0.2) is 5.75 Å². The van der Waals surface area contributed by atoms with Gasteiger partial charge in [-0.1, -0.05) is 60.5 Å². The van der Waals surface area contributed by atoms with Gasteiger partial charge in [0.05, 0.1) is 10.0 Å². The van der Waals surface area contributed by atoms with Gasteiger partial charge in [0.2, 0.25) is 5.91 Å². The molecule has 4 amide bonds. The Kier molecular flexibility index (Phi) is 8.11. The highest BCUT2D eigenvalue weighted by molar-refractivity contribution is 6.37. The minimum Gasteiger partial charge on any atom is -0.486 e. The number of rotatable bonds is 8. The maximum absolute atomic E-state index is 13.1. The minimum atomic E-state index is -0.716. The van der Waals surface area contributed by atoms with Crippen molar-refractivity contribution in [1.82, 2.24) is 10.2 Å². The van der Waals surface area contributed by atoms with Gasteiger partial charge in [-0.2, -0.15) is 0 Å². The van der Waals surface area contributed by atoms with Gasteiger partial charge >= 0.3 is 6.03 Å². The van der Waals surface area contributed by atoms with Gasteiger partial charge in [-0.15, -0.1) is 0 Å². The summed E-state index contributed by atoms with van der Waals surface area (Å²) in [5.41, 5.74) is 2.70. The first kappa shape index (κ1) is 26.2.